The number of amides is 1. The summed E-state index contributed by atoms with van der Waals surface area (Å²) in [4.78, 5) is 17.1. The number of unbranched alkanes of at least 4 members (excludes halogenated alkanes) is 2. The molecule has 24 heavy (non-hydrogen) atoms. The van der Waals surface area contributed by atoms with Gasteiger partial charge in [-0.15, -0.1) is 0 Å². The van der Waals surface area contributed by atoms with Gasteiger partial charge in [-0.25, -0.2) is 4.98 Å². The van der Waals surface area contributed by atoms with Gasteiger partial charge in [0.1, 0.15) is 5.60 Å². The van der Waals surface area contributed by atoms with Gasteiger partial charge in [-0.2, -0.15) is 0 Å². The fourth-order valence-corrected chi connectivity index (χ4v) is 2.49. The molecule has 0 saturated carbocycles. The summed E-state index contributed by atoms with van der Waals surface area (Å²) in [6, 6.07) is 3.62. The largest absolute Gasteiger partial charge is 0.478 e. The van der Waals surface area contributed by atoms with Crippen molar-refractivity contribution < 1.29 is 14.3 Å². The van der Waals surface area contributed by atoms with Gasteiger partial charge in [-0.05, 0) is 39.7 Å². The predicted molar refractivity (Wildman–Crippen MR) is 97.6 cm³/mol. The van der Waals surface area contributed by atoms with Gasteiger partial charge in [-0.1, -0.05) is 33.1 Å². The van der Waals surface area contributed by atoms with Crippen LogP contribution in [0.2, 0.25) is 0 Å². The lowest BCUT2D eigenvalue weighted by atomic mass is 9.96. The molecule has 0 saturated heterocycles. The fourth-order valence-electron chi connectivity index (χ4n) is 2.49. The highest BCUT2D eigenvalue weighted by atomic mass is 16.5. The molecule has 0 aliphatic heterocycles. The maximum atomic E-state index is 12.7. The van der Waals surface area contributed by atoms with Crippen molar-refractivity contribution in [3.05, 3.63) is 17.8 Å². The Morgan fingerprint density at radius 2 is 1.96 bits per heavy atom. The maximum absolute atomic E-state index is 12.7. The third kappa shape index (κ3) is 6.11. The monoisotopic (exact) mass is 336 g/mol. The molecular weight excluding hydrogens is 304 g/mol. The van der Waals surface area contributed by atoms with E-state index in [1.807, 2.05) is 26.8 Å². The Morgan fingerprint density at radius 1 is 1.21 bits per heavy atom. The molecule has 1 aromatic rings. The summed E-state index contributed by atoms with van der Waals surface area (Å²) in [5, 5.41) is 2.96. The predicted octanol–water partition coefficient (Wildman–Crippen LogP) is 4.49. The molecule has 5 nitrogen and oxygen atoms in total. The van der Waals surface area contributed by atoms with Crippen LogP contribution in [0.1, 0.15) is 65.5 Å². The van der Waals surface area contributed by atoms with Crippen molar-refractivity contribution in [1.29, 1.82) is 0 Å². The molecule has 1 unspecified atom stereocenters. The van der Waals surface area contributed by atoms with Crippen LogP contribution in [0.25, 0.3) is 0 Å². The van der Waals surface area contributed by atoms with E-state index in [9.17, 15) is 4.79 Å². The van der Waals surface area contributed by atoms with E-state index in [2.05, 4.69) is 24.1 Å². The van der Waals surface area contributed by atoms with Gasteiger partial charge in [0.05, 0.1) is 18.0 Å². The molecule has 1 aromatic heterocycles. The lowest BCUT2D eigenvalue weighted by molar-refractivity contribution is -0.139. The van der Waals surface area contributed by atoms with Gasteiger partial charge in [0, 0.05) is 12.7 Å². The Morgan fingerprint density at radius 3 is 2.54 bits per heavy atom. The number of anilines is 1. The van der Waals surface area contributed by atoms with Crippen molar-refractivity contribution in [3.63, 3.8) is 0 Å². The molecule has 1 atom stereocenters. The van der Waals surface area contributed by atoms with Gasteiger partial charge in [-0.3, -0.25) is 4.79 Å². The molecule has 1 heterocycles. The number of nitrogens with zero attached hydrogens (tertiary/aromatic N) is 1. The molecule has 0 spiro atoms. The molecule has 5 heteroatoms. The number of aromatic nitrogens is 1. The first kappa shape index (κ1) is 20.4. The number of rotatable bonds is 11. The SMILES string of the molecule is CCCCCC(C)(OCC)C(=O)Nc1ccc(OCCC)nc1C. The molecule has 0 fully saturated rings. The number of ether oxygens (including phenoxy) is 2. The van der Waals surface area contributed by atoms with E-state index in [-0.39, 0.29) is 5.91 Å². The first-order chi connectivity index (χ1) is 11.5. The Hall–Kier alpha value is -1.62. The van der Waals surface area contributed by atoms with Crippen LogP contribution in [0.4, 0.5) is 5.69 Å². The zero-order valence-corrected chi connectivity index (χ0v) is 15.8. The number of pyridine rings is 1. The number of hydrogen-bond donors (Lipinski definition) is 1. The third-order valence-electron chi connectivity index (χ3n) is 3.96. The van der Waals surface area contributed by atoms with E-state index in [0.29, 0.717) is 31.2 Å². The molecule has 1 N–H and O–H groups in total. The minimum absolute atomic E-state index is 0.118. The molecule has 0 aliphatic rings. The zero-order chi connectivity index (χ0) is 18.0. The summed E-state index contributed by atoms with van der Waals surface area (Å²) in [5.74, 6) is 0.468. The Balaban J connectivity index is 2.79. The van der Waals surface area contributed by atoms with Gasteiger partial charge in [0.25, 0.3) is 5.91 Å². The van der Waals surface area contributed by atoms with Crippen molar-refractivity contribution in [2.75, 3.05) is 18.5 Å². The standard InChI is InChI=1S/C19H32N2O3/c1-6-9-10-13-19(5,24-8-3)18(22)21-16-11-12-17(20-15(16)4)23-14-7-2/h11-12H,6-10,13-14H2,1-5H3,(H,21,22). The van der Waals surface area contributed by atoms with E-state index >= 15 is 0 Å². The normalized spacial score (nSPS) is 13.4. The molecule has 0 aliphatic carbocycles. The maximum Gasteiger partial charge on any atom is 0.256 e. The summed E-state index contributed by atoms with van der Waals surface area (Å²) in [7, 11) is 0. The Bertz CT molecular complexity index is 519. The average Bonchev–Trinajstić information content (AvgIpc) is 2.55. The van der Waals surface area contributed by atoms with Crippen molar-refractivity contribution in [2.45, 2.75) is 72.3 Å². The summed E-state index contributed by atoms with van der Waals surface area (Å²) in [5.41, 5.74) is 0.628. The second kappa shape index (κ2) is 10.3. The quantitative estimate of drug-likeness (QED) is 0.605. The number of carbonyl (C=O) groups is 1. The molecular formula is C19H32N2O3. The number of hydrogen-bond acceptors (Lipinski definition) is 4. The summed E-state index contributed by atoms with van der Waals surface area (Å²) in [6.45, 7) is 11.0. The van der Waals surface area contributed by atoms with Crippen molar-refractivity contribution >= 4 is 11.6 Å². The zero-order valence-electron chi connectivity index (χ0n) is 15.8. The van der Waals surface area contributed by atoms with Crippen LogP contribution >= 0.6 is 0 Å². The van der Waals surface area contributed by atoms with E-state index in [1.54, 1.807) is 6.07 Å². The van der Waals surface area contributed by atoms with Gasteiger partial charge in [0.2, 0.25) is 5.88 Å². The van der Waals surface area contributed by atoms with Crippen molar-refractivity contribution in [2.24, 2.45) is 0 Å². The van der Waals surface area contributed by atoms with Crippen LogP contribution in [0, 0.1) is 6.92 Å². The highest BCUT2D eigenvalue weighted by molar-refractivity contribution is 5.97. The number of aryl methyl sites for hydroxylation is 1. The summed E-state index contributed by atoms with van der Waals surface area (Å²) in [6.07, 6.45) is 4.84. The molecule has 0 radical (unpaired) electrons. The van der Waals surface area contributed by atoms with E-state index in [4.69, 9.17) is 9.47 Å². The highest BCUT2D eigenvalue weighted by Crippen LogP contribution is 2.24. The smallest absolute Gasteiger partial charge is 0.256 e. The van der Waals surface area contributed by atoms with Crippen LogP contribution in [0.15, 0.2) is 12.1 Å². The number of carbonyl (C=O) groups excluding carboxylic acids is 1. The Kier molecular flexibility index (Phi) is 8.76. The van der Waals surface area contributed by atoms with Crippen LogP contribution in [-0.4, -0.2) is 29.7 Å². The van der Waals surface area contributed by atoms with Crippen molar-refractivity contribution in [3.8, 4) is 5.88 Å². The minimum Gasteiger partial charge on any atom is -0.478 e. The molecule has 0 aromatic carbocycles. The number of nitrogens with one attached hydrogen (secondary N) is 1. The second-order valence-corrected chi connectivity index (χ2v) is 6.21. The van der Waals surface area contributed by atoms with Crippen LogP contribution in [0.5, 0.6) is 5.88 Å². The topological polar surface area (TPSA) is 60.5 Å². The first-order valence-corrected chi connectivity index (χ1v) is 9.02. The summed E-state index contributed by atoms with van der Waals surface area (Å²) < 4.78 is 11.3. The van der Waals surface area contributed by atoms with E-state index in [1.165, 1.54) is 0 Å². The first-order valence-electron chi connectivity index (χ1n) is 9.02. The molecule has 1 rings (SSSR count). The molecule has 136 valence electrons. The summed E-state index contributed by atoms with van der Waals surface area (Å²) >= 11 is 0. The van der Waals surface area contributed by atoms with Crippen LogP contribution in [-0.2, 0) is 9.53 Å². The van der Waals surface area contributed by atoms with Crippen LogP contribution in [0.3, 0.4) is 0 Å². The lowest BCUT2D eigenvalue weighted by Crippen LogP contribution is -2.43. The van der Waals surface area contributed by atoms with Gasteiger partial charge in [0.15, 0.2) is 0 Å². The lowest BCUT2D eigenvalue weighted by Gasteiger charge is -2.28. The van der Waals surface area contributed by atoms with E-state index in [0.717, 1.165) is 31.4 Å². The highest BCUT2D eigenvalue weighted by Gasteiger charge is 2.33. The fraction of sp³-hybridized carbons (Fsp3) is 0.684. The second-order valence-electron chi connectivity index (χ2n) is 6.21. The van der Waals surface area contributed by atoms with Crippen LogP contribution < -0.4 is 10.1 Å². The molecule has 1 amide bonds. The average molecular weight is 336 g/mol. The van der Waals surface area contributed by atoms with Gasteiger partial charge >= 0.3 is 0 Å². The van der Waals surface area contributed by atoms with E-state index < -0.39 is 5.60 Å². The third-order valence-corrected chi connectivity index (χ3v) is 3.96. The van der Waals surface area contributed by atoms with Crippen molar-refractivity contribution in [1.82, 2.24) is 4.98 Å². The Labute approximate surface area is 146 Å². The van der Waals surface area contributed by atoms with Gasteiger partial charge < -0.3 is 14.8 Å². The minimum atomic E-state index is -0.812. The molecule has 0 bridgehead atoms.